The molecule has 0 heterocycles. The minimum atomic E-state index is -1.62. The molecule has 0 rings (SSSR count). The molecule has 0 radical (unpaired) electrons. The van der Waals surface area contributed by atoms with Gasteiger partial charge in [0.1, 0.15) is 0 Å². The van der Waals surface area contributed by atoms with Crippen molar-refractivity contribution in [2.45, 2.75) is 18.5 Å². The van der Waals surface area contributed by atoms with Gasteiger partial charge >= 0.3 is 16.6 Å². The van der Waals surface area contributed by atoms with Crippen LogP contribution in [0.2, 0.25) is 0 Å². The van der Waals surface area contributed by atoms with E-state index in [2.05, 4.69) is 33.8 Å². The highest BCUT2D eigenvalue weighted by Crippen LogP contribution is 2.24. The first-order valence-corrected chi connectivity index (χ1v) is 4.51. The second kappa shape index (κ2) is 4.95. The lowest BCUT2D eigenvalue weighted by Gasteiger charge is -2.22. The van der Waals surface area contributed by atoms with Gasteiger partial charge in [-0.3, -0.25) is 4.79 Å². The second-order valence-electron chi connectivity index (χ2n) is 2.55. The molecule has 4 nitrogen and oxygen atoms in total. The van der Waals surface area contributed by atoms with Crippen LogP contribution in [0.3, 0.4) is 0 Å². The van der Waals surface area contributed by atoms with Crippen molar-refractivity contribution >= 4 is 27.9 Å². The summed E-state index contributed by atoms with van der Waals surface area (Å²) in [5, 5.41) is 0. The third kappa shape index (κ3) is 4.23. The molecule has 1 atom stereocenters. The van der Waals surface area contributed by atoms with Crippen molar-refractivity contribution < 1.29 is 19.1 Å². The number of carbonyl (C=O) groups is 2. The summed E-state index contributed by atoms with van der Waals surface area (Å²) in [5.41, 5.74) is 0.197. The van der Waals surface area contributed by atoms with E-state index in [1.165, 1.54) is 13.8 Å². The van der Waals surface area contributed by atoms with Gasteiger partial charge in [0.25, 0.3) is 0 Å². The Labute approximate surface area is 90.7 Å². The van der Waals surface area contributed by atoms with Crippen molar-refractivity contribution in [2.75, 3.05) is 0 Å². The van der Waals surface area contributed by atoms with Crippen molar-refractivity contribution in [3.8, 4) is 0 Å². The van der Waals surface area contributed by atoms with Crippen molar-refractivity contribution in [2.24, 2.45) is 0 Å². The predicted molar refractivity (Wildman–Crippen MR) is 54.5 cm³/mol. The number of hydrogen-bond donors (Lipinski definition) is 0. The lowest BCUT2D eigenvalue weighted by atomic mass is 10.4. The molecule has 0 aromatic carbocycles. The van der Waals surface area contributed by atoms with Gasteiger partial charge in [0, 0.05) is 34.5 Å². The molecule has 0 saturated heterocycles. The highest BCUT2D eigenvalue weighted by Gasteiger charge is 2.31. The molecule has 0 aliphatic carbocycles. The highest BCUT2D eigenvalue weighted by molar-refractivity contribution is 9.10. The summed E-state index contributed by atoms with van der Waals surface area (Å²) in [5.74, 6) is -1.28. The fourth-order valence-corrected chi connectivity index (χ4v) is 0.889. The largest absolute Gasteiger partial charge is 0.409 e. The molecule has 0 aromatic heterocycles. The van der Waals surface area contributed by atoms with Gasteiger partial charge in [0.15, 0.2) is 0 Å². The molecule has 5 heteroatoms. The van der Waals surface area contributed by atoms with E-state index in [0.29, 0.717) is 0 Å². The zero-order valence-electron chi connectivity index (χ0n) is 8.00. The molecule has 1 unspecified atom stereocenters. The molecule has 0 N–H and O–H groups in total. The van der Waals surface area contributed by atoms with Crippen LogP contribution in [0.5, 0.6) is 0 Å². The van der Waals surface area contributed by atoms with Gasteiger partial charge in [-0.15, -0.1) is 0 Å². The maximum Gasteiger partial charge on any atom is 0.337 e. The Balaban J connectivity index is 4.55. The van der Waals surface area contributed by atoms with Crippen LogP contribution in [-0.4, -0.2) is 16.6 Å². The van der Waals surface area contributed by atoms with Gasteiger partial charge in [-0.1, -0.05) is 13.2 Å². The Kier molecular flexibility index (Phi) is 4.56. The number of esters is 2. The fraction of sp³-hybridized carbons (Fsp3) is 0.333. The summed E-state index contributed by atoms with van der Waals surface area (Å²) in [6, 6.07) is 0. The molecule has 0 aromatic rings. The van der Waals surface area contributed by atoms with E-state index in [1.807, 2.05) is 0 Å². The number of halogens is 1. The van der Waals surface area contributed by atoms with Crippen LogP contribution in [0.15, 0.2) is 24.8 Å². The maximum atomic E-state index is 11.1. The average Bonchev–Trinajstić information content (AvgIpc) is 2.02. The Hall–Kier alpha value is -1.10. The first kappa shape index (κ1) is 12.9. The average molecular weight is 263 g/mol. The molecule has 14 heavy (non-hydrogen) atoms. The van der Waals surface area contributed by atoms with Crippen LogP contribution in [0, 0.1) is 0 Å². The topological polar surface area (TPSA) is 52.6 Å². The van der Waals surface area contributed by atoms with Crippen LogP contribution in [-0.2, 0) is 19.1 Å². The normalized spacial score (nSPS) is 13.6. The first-order valence-electron chi connectivity index (χ1n) is 3.71. The molecule has 0 spiro atoms. The van der Waals surface area contributed by atoms with Crippen LogP contribution in [0.1, 0.15) is 13.8 Å². The van der Waals surface area contributed by atoms with E-state index in [-0.39, 0.29) is 5.57 Å². The lowest BCUT2D eigenvalue weighted by Crippen LogP contribution is -2.31. The lowest BCUT2D eigenvalue weighted by molar-refractivity contribution is -0.181. The number of rotatable bonds is 4. The molecule has 0 aliphatic heterocycles. The van der Waals surface area contributed by atoms with Gasteiger partial charge in [-0.2, -0.15) is 0 Å². The van der Waals surface area contributed by atoms with Crippen molar-refractivity contribution in [1.29, 1.82) is 0 Å². The molecule has 0 saturated carbocycles. The van der Waals surface area contributed by atoms with Crippen LogP contribution in [0.4, 0.5) is 0 Å². The summed E-state index contributed by atoms with van der Waals surface area (Å²) in [6.07, 6.45) is 1.15. The summed E-state index contributed by atoms with van der Waals surface area (Å²) in [6.45, 7) is 9.42. The quantitative estimate of drug-likeness (QED) is 0.255. The van der Waals surface area contributed by atoms with Gasteiger partial charge in [-0.05, 0) is 6.92 Å². The van der Waals surface area contributed by atoms with Gasteiger partial charge in [0.05, 0.1) is 0 Å². The van der Waals surface area contributed by atoms with E-state index in [4.69, 9.17) is 4.74 Å². The molecule has 0 aliphatic rings. The summed E-state index contributed by atoms with van der Waals surface area (Å²) >= 11 is 2.91. The fourth-order valence-electron chi connectivity index (χ4n) is 0.514. The number of hydrogen-bond acceptors (Lipinski definition) is 4. The van der Waals surface area contributed by atoms with Crippen LogP contribution in [0.25, 0.3) is 0 Å². The van der Waals surface area contributed by atoms with Crippen molar-refractivity contribution in [3.63, 3.8) is 0 Å². The third-order valence-electron chi connectivity index (χ3n) is 1.11. The first-order chi connectivity index (χ1) is 6.30. The minimum absolute atomic E-state index is 0.197. The molecule has 0 amide bonds. The number of ether oxygens (including phenoxy) is 2. The smallest absolute Gasteiger partial charge is 0.337 e. The molecule has 0 bridgehead atoms. The minimum Gasteiger partial charge on any atom is -0.409 e. The van der Waals surface area contributed by atoms with E-state index < -0.39 is 16.6 Å². The van der Waals surface area contributed by atoms with E-state index in [9.17, 15) is 9.59 Å². The summed E-state index contributed by atoms with van der Waals surface area (Å²) < 4.78 is 7.84. The number of alkyl halides is 1. The van der Waals surface area contributed by atoms with E-state index >= 15 is 0 Å². The summed E-state index contributed by atoms with van der Waals surface area (Å²) in [7, 11) is 0. The Morgan fingerprint density at radius 3 is 2.14 bits per heavy atom. The summed E-state index contributed by atoms with van der Waals surface area (Å²) in [4.78, 5) is 21.8. The number of carbonyl (C=O) groups excluding carboxylic acids is 2. The monoisotopic (exact) mass is 262 g/mol. The zero-order valence-corrected chi connectivity index (χ0v) is 9.59. The van der Waals surface area contributed by atoms with Crippen molar-refractivity contribution in [3.05, 3.63) is 24.8 Å². The Morgan fingerprint density at radius 1 is 1.36 bits per heavy atom. The predicted octanol–water partition coefficient (Wildman–Crippen LogP) is 1.90. The molecular formula is C9H11BrO4. The van der Waals surface area contributed by atoms with Crippen molar-refractivity contribution in [1.82, 2.24) is 0 Å². The Bertz CT molecular complexity index is 285. The molecular weight excluding hydrogens is 252 g/mol. The van der Waals surface area contributed by atoms with Gasteiger partial charge in [0.2, 0.25) is 0 Å². The second-order valence-corrected chi connectivity index (χ2v) is 3.66. The SMILES string of the molecule is C=CC(Br)(OC(C)=O)OC(=O)C(=C)C. The highest BCUT2D eigenvalue weighted by atomic mass is 79.9. The van der Waals surface area contributed by atoms with Crippen LogP contribution < -0.4 is 0 Å². The Morgan fingerprint density at radius 2 is 1.86 bits per heavy atom. The van der Waals surface area contributed by atoms with E-state index in [0.717, 1.165) is 6.08 Å². The molecule has 78 valence electrons. The molecule has 0 fully saturated rings. The van der Waals surface area contributed by atoms with Gasteiger partial charge < -0.3 is 9.47 Å². The standard InChI is InChI=1S/C9H11BrO4/c1-5-9(10,13-7(4)11)14-8(12)6(2)3/h5H,1-2H2,3-4H3. The van der Waals surface area contributed by atoms with E-state index in [1.54, 1.807) is 0 Å². The zero-order chi connectivity index (χ0) is 11.4. The van der Waals surface area contributed by atoms with Gasteiger partial charge in [-0.25, -0.2) is 4.79 Å². The third-order valence-corrected chi connectivity index (χ3v) is 1.75. The maximum absolute atomic E-state index is 11.1. The van der Waals surface area contributed by atoms with Crippen LogP contribution >= 0.6 is 15.9 Å².